The van der Waals surface area contributed by atoms with Crippen molar-refractivity contribution in [2.24, 2.45) is 0 Å². The van der Waals surface area contributed by atoms with Gasteiger partial charge in [-0.1, -0.05) is 45.8 Å². The largest absolute Gasteiger partial charge is 0.496 e. The Bertz CT molecular complexity index is 566. The van der Waals surface area contributed by atoms with Crippen LogP contribution in [0.5, 0.6) is 5.75 Å². The third kappa shape index (κ3) is 3.58. The fourth-order valence-electron chi connectivity index (χ4n) is 2.11. The number of hydrogen-bond acceptors (Lipinski definition) is 2. The number of aliphatic hydroxyl groups excluding tert-OH is 1. The molecular weight excluding hydrogens is 304 g/mol. The summed E-state index contributed by atoms with van der Waals surface area (Å²) in [6, 6.07) is 13.8. The SMILES string of the molecule is COc1ccc(Br)cc1CC(O)c1cccc(C)c1. The van der Waals surface area contributed by atoms with Crippen molar-refractivity contribution in [3.05, 3.63) is 63.6 Å². The lowest BCUT2D eigenvalue weighted by Gasteiger charge is -2.14. The van der Waals surface area contributed by atoms with Gasteiger partial charge in [0.1, 0.15) is 5.75 Å². The van der Waals surface area contributed by atoms with Crippen molar-refractivity contribution in [1.29, 1.82) is 0 Å². The standard InChI is InChI=1S/C16H17BrO2/c1-11-4-3-5-12(8-11)15(18)10-13-9-14(17)6-7-16(13)19-2/h3-9,15,18H,10H2,1-2H3. The Morgan fingerprint density at radius 1 is 1.21 bits per heavy atom. The number of rotatable bonds is 4. The van der Waals surface area contributed by atoms with Crippen molar-refractivity contribution in [2.45, 2.75) is 19.4 Å². The van der Waals surface area contributed by atoms with Crippen LogP contribution in [0.25, 0.3) is 0 Å². The molecule has 0 radical (unpaired) electrons. The molecule has 0 spiro atoms. The minimum atomic E-state index is -0.525. The maximum atomic E-state index is 10.3. The molecule has 2 aromatic rings. The van der Waals surface area contributed by atoms with Crippen LogP contribution in [0, 0.1) is 6.92 Å². The summed E-state index contributed by atoms with van der Waals surface area (Å²) in [6.07, 6.45) is 0.00889. The first-order chi connectivity index (χ1) is 9.10. The molecule has 2 rings (SSSR count). The first kappa shape index (κ1) is 14.1. The fraction of sp³-hybridized carbons (Fsp3) is 0.250. The van der Waals surface area contributed by atoms with E-state index in [9.17, 15) is 5.11 Å². The number of halogens is 1. The lowest BCUT2D eigenvalue weighted by atomic mass is 9.99. The van der Waals surface area contributed by atoms with Gasteiger partial charge < -0.3 is 9.84 Å². The van der Waals surface area contributed by atoms with E-state index in [0.717, 1.165) is 26.9 Å². The number of aliphatic hydroxyl groups is 1. The van der Waals surface area contributed by atoms with Crippen LogP contribution < -0.4 is 4.74 Å². The van der Waals surface area contributed by atoms with Crippen LogP contribution in [0.15, 0.2) is 46.9 Å². The zero-order valence-electron chi connectivity index (χ0n) is 11.1. The zero-order chi connectivity index (χ0) is 13.8. The van der Waals surface area contributed by atoms with Gasteiger partial charge >= 0.3 is 0 Å². The van der Waals surface area contributed by atoms with Crippen LogP contribution >= 0.6 is 15.9 Å². The van der Waals surface area contributed by atoms with Gasteiger partial charge in [-0.05, 0) is 36.2 Å². The molecule has 0 saturated heterocycles. The highest BCUT2D eigenvalue weighted by Gasteiger charge is 2.12. The van der Waals surface area contributed by atoms with E-state index in [-0.39, 0.29) is 0 Å². The Morgan fingerprint density at radius 2 is 2.00 bits per heavy atom. The van der Waals surface area contributed by atoms with E-state index in [1.165, 1.54) is 0 Å². The second-order valence-electron chi connectivity index (χ2n) is 4.59. The van der Waals surface area contributed by atoms with Gasteiger partial charge in [0.15, 0.2) is 0 Å². The number of benzene rings is 2. The van der Waals surface area contributed by atoms with Gasteiger partial charge in [0.25, 0.3) is 0 Å². The van der Waals surface area contributed by atoms with E-state index in [4.69, 9.17) is 4.74 Å². The molecule has 2 aromatic carbocycles. The molecule has 0 bridgehead atoms. The van der Waals surface area contributed by atoms with Crippen molar-refractivity contribution < 1.29 is 9.84 Å². The van der Waals surface area contributed by atoms with Gasteiger partial charge in [-0.2, -0.15) is 0 Å². The van der Waals surface area contributed by atoms with Crippen LogP contribution in [-0.2, 0) is 6.42 Å². The third-order valence-electron chi connectivity index (χ3n) is 3.08. The molecule has 3 heteroatoms. The predicted molar refractivity (Wildman–Crippen MR) is 80.5 cm³/mol. The predicted octanol–water partition coefficient (Wildman–Crippen LogP) is 4.04. The van der Waals surface area contributed by atoms with Crippen molar-refractivity contribution in [3.63, 3.8) is 0 Å². The van der Waals surface area contributed by atoms with Crippen molar-refractivity contribution in [3.8, 4) is 5.75 Å². The van der Waals surface area contributed by atoms with E-state index in [2.05, 4.69) is 15.9 Å². The monoisotopic (exact) mass is 320 g/mol. The smallest absolute Gasteiger partial charge is 0.122 e. The summed E-state index contributed by atoms with van der Waals surface area (Å²) in [7, 11) is 1.64. The second kappa shape index (κ2) is 6.22. The highest BCUT2D eigenvalue weighted by molar-refractivity contribution is 9.10. The van der Waals surface area contributed by atoms with Gasteiger partial charge in [-0.25, -0.2) is 0 Å². The van der Waals surface area contributed by atoms with Crippen LogP contribution in [0.3, 0.4) is 0 Å². The second-order valence-corrected chi connectivity index (χ2v) is 5.51. The molecule has 1 unspecified atom stereocenters. The van der Waals surface area contributed by atoms with E-state index in [1.54, 1.807) is 7.11 Å². The molecule has 0 aliphatic carbocycles. The zero-order valence-corrected chi connectivity index (χ0v) is 12.6. The van der Waals surface area contributed by atoms with E-state index < -0.39 is 6.10 Å². The summed E-state index contributed by atoms with van der Waals surface area (Å²) in [5, 5.41) is 10.3. The summed E-state index contributed by atoms with van der Waals surface area (Å²) in [6.45, 7) is 2.02. The molecule has 0 heterocycles. The topological polar surface area (TPSA) is 29.5 Å². The molecule has 1 N–H and O–H groups in total. The van der Waals surface area contributed by atoms with Gasteiger partial charge in [-0.3, -0.25) is 0 Å². The summed E-state index contributed by atoms with van der Waals surface area (Å²) in [5.74, 6) is 0.801. The van der Waals surface area contributed by atoms with Crippen molar-refractivity contribution in [2.75, 3.05) is 7.11 Å². The molecule has 19 heavy (non-hydrogen) atoms. The van der Waals surface area contributed by atoms with Crippen LogP contribution in [0.1, 0.15) is 22.8 Å². The van der Waals surface area contributed by atoms with Crippen LogP contribution in [-0.4, -0.2) is 12.2 Å². The van der Waals surface area contributed by atoms with Gasteiger partial charge in [0.2, 0.25) is 0 Å². The first-order valence-corrected chi connectivity index (χ1v) is 6.96. The Labute approximate surface area is 122 Å². The average molecular weight is 321 g/mol. The molecular formula is C16H17BrO2. The maximum Gasteiger partial charge on any atom is 0.122 e. The molecule has 0 aromatic heterocycles. The molecule has 2 nitrogen and oxygen atoms in total. The summed E-state index contributed by atoms with van der Waals surface area (Å²) in [5.41, 5.74) is 3.07. The highest BCUT2D eigenvalue weighted by Crippen LogP contribution is 2.28. The summed E-state index contributed by atoms with van der Waals surface area (Å²) < 4.78 is 6.31. The minimum Gasteiger partial charge on any atom is -0.496 e. The minimum absolute atomic E-state index is 0.525. The molecule has 0 amide bonds. The number of hydrogen-bond donors (Lipinski definition) is 1. The Morgan fingerprint density at radius 3 is 2.68 bits per heavy atom. The summed E-state index contributed by atoms with van der Waals surface area (Å²) >= 11 is 3.45. The van der Waals surface area contributed by atoms with Crippen molar-refractivity contribution in [1.82, 2.24) is 0 Å². The first-order valence-electron chi connectivity index (χ1n) is 6.17. The van der Waals surface area contributed by atoms with E-state index in [1.807, 2.05) is 49.4 Å². The Balaban J connectivity index is 2.23. The van der Waals surface area contributed by atoms with Gasteiger partial charge in [0.05, 0.1) is 13.2 Å². The van der Waals surface area contributed by atoms with Crippen LogP contribution in [0.4, 0.5) is 0 Å². The number of aryl methyl sites for hydroxylation is 1. The maximum absolute atomic E-state index is 10.3. The molecule has 1 atom stereocenters. The highest BCUT2D eigenvalue weighted by atomic mass is 79.9. The lowest BCUT2D eigenvalue weighted by Crippen LogP contribution is -2.03. The Kier molecular flexibility index (Phi) is 4.61. The molecule has 100 valence electrons. The normalized spacial score (nSPS) is 12.2. The molecule has 0 saturated carbocycles. The number of ether oxygens (including phenoxy) is 1. The Hall–Kier alpha value is -1.32. The third-order valence-corrected chi connectivity index (χ3v) is 3.58. The van der Waals surface area contributed by atoms with Crippen molar-refractivity contribution >= 4 is 15.9 Å². The van der Waals surface area contributed by atoms with Crippen LogP contribution in [0.2, 0.25) is 0 Å². The molecule has 0 aliphatic heterocycles. The fourth-order valence-corrected chi connectivity index (χ4v) is 2.52. The summed E-state index contributed by atoms with van der Waals surface area (Å²) in [4.78, 5) is 0. The van der Waals surface area contributed by atoms with Gasteiger partial charge in [0, 0.05) is 10.9 Å². The van der Waals surface area contributed by atoms with E-state index in [0.29, 0.717) is 6.42 Å². The molecule has 0 fully saturated rings. The number of methoxy groups -OCH3 is 1. The van der Waals surface area contributed by atoms with E-state index >= 15 is 0 Å². The van der Waals surface area contributed by atoms with Gasteiger partial charge in [-0.15, -0.1) is 0 Å². The quantitative estimate of drug-likeness (QED) is 0.921. The average Bonchev–Trinajstić information content (AvgIpc) is 2.39. The lowest BCUT2D eigenvalue weighted by molar-refractivity contribution is 0.177. The molecule has 0 aliphatic rings.